The highest BCUT2D eigenvalue weighted by Crippen LogP contribution is 2.31. The molecule has 4 nitrogen and oxygen atoms in total. The summed E-state index contributed by atoms with van der Waals surface area (Å²) in [6.07, 6.45) is 0. The lowest BCUT2D eigenvalue weighted by Crippen LogP contribution is -2.29. The predicted molar refractivity (Wildman–Crippen MR) is 84.6 cm³/mol. The summed E-state index contributed by atoms with van der Waals surface area (Å²) in [5.41, 5.74) is 7.30. The van der Waals surface area contributed by atoms with Crippen LogP contribution in [0.15, 0.2) is 36.4 Å². The highest BCUT2D eigenvalue weighted by Gasteiger charge is 2.17. The molecular weight excluding hydrogens is 264 g/mol. The first-order valence-electron chi connectivity index (χ1n) is 6.86. The van der Waals surface area contributed by atoms with E-state index in [1.807, 2.05) is 37.3 Å². The Kier molecular flexibility index (Phi) is 4.83. The van der Waals surface area contributed by atoms with Crippen LogP contribution in [0.5, 0.6) is 11.5 Å². The van der Waals surface area contributed by atoms with Crippen LogP contribution in [0.4, 0.5) is 0 Å². The SMILES string of the molecule is COc1cccc(C(NN)c2cc(C)c(OC)cc2C)c1. The van der Waals surface area contributed by atoms with Gasteiger partial charge in [0.1, 0.15) is 11.5 Å². The molecule has 0 saturated heterocycles. The molecule has 0 aliphatic rings. The maximum absolute atomic E-state index is 5.80. The molecule has 0 aliphatic carbocycles. The van der Waals surface area contributed by atoms with Crippen LogP contribution in [0.1, 0.15) is 28.3 Å². The van der Waals surface area contributed by atoms with Crippen LogP contribution in [-0.2, 0) is 0 Å². The van der Waals surface area contributed by atoms with E-state index in [1.54, 1.807) is 14.2 Å². The van der Waals surface area contributed by atoms with Crippen LogP contribution >= 0.6 is 0 Å². The van der Waals surface area contributed by atoms with Gasteiger partial charge in [-0.3, -0.25) is 5.84 Å². The summed E-state index contributed by atoms with van der Waals surface area (Å²) in [7, 11) is 3.34. The zero-order valence-electron chi connectivity index (χ0n) is 12.9. The third-order valence-electron chi connectivity index (χ3n) is 3.69. The van der Waals surface area contributed by atoms with Crippen molar-refractivity contribution in [3.8, 4) is 11.5 Å². The molecule has 0 fully saturated rings. The van der Waals surface area contributed by atoms with Gasteiger partial charge in [0.15, 0.2) is 0 Å². The van der Waals surface area contributed by atoms with E-state index in [-0.39, 0.29) is 6.04 Å². The summed E-state index contributed by atoms with van der Waals surface area (Å²) in [4.78, 5) is 0. The Hall–Kier alpha value is -2.04. The lowest BCUT2D eigenvalue weighted by molar-refractivity contribution is 0.410. The summed E-state index contributed by atoms with van der Waals surface area (Å²) in [6, 6.07) is 12.0. The molecule has 1 atom stereocenters. The van der Waals surface area contributed by atoms with Gasteiger partial charge >= 0.3 is 0 Å². The van der Waals surface area contributed by atoms with Crippen LogP contribution in [0, 0.1) is 13.8 Å². The number of rotatable bonds is 5. The van der Waals surface area contributed by atoms with Gasteiger partial charge < -0.3 is 9.47 Å². The van der Waals surface area contributed by atoms with E-state index >= 15 is 0 Å². The molecule has 2 aromatic carbocycles. The number of hydrogen-bond acceptors (Lipinski definition) is 4. The van der Waals surface area contributed by atoms with Gasteiger partial charge in [0, 0.05) is 0 Å². The largest absolute Gasteiger partial charge is 0.497 e. The van der Waals surface area contributed by atoms with Crippen LogP contribution < -0.4 is 20.7 Å². The average molecular weight is 286 g/mol. The van der Waals surface area contributed by atoms with Crippen molar-refractivity contribution in [3.05, 3.63) is 58.7 Å². The Labute approximate surface area is 125 Å². The molecule has 0 radical (unpaired) electrons. The Morgan fingerprint density at radius 1 is 1.00 bits per heavy atom. The number of nitrogens with two attached hydrogens (primary N) is 1. The van der Waals surface area contributed by atoms with Gasteiger partial charge in [-0.05, 0) is 54.3 Å². The number of aryl methyl sites for hydroxylation is 2. The summed E-state index contributed by atoms with van der Waals surface area (Å²) in [5.74, 6) is 7.50. The molecule has 21 heavy (non-hydrogen) atoms. The van der Waals surface area contributed by atoms with Crippen LogP contribution in [-0.4, -0.2) is 14.2 Å². The summed E-state index contributed by atoms with van der Waals surface area (Å²) in [6.45, 7) is 4.09. The van der Waals surface area contributed by atoms with E-state index in [4.69, 9.17) is 15.3 Å². The van der Waals surface area contributed by atoms with Crippen molar-refractivity contribution >= 4 is 0 Å². The van der Waals surface area contributed by atoms with Crippen LogP contribution in [0.2, 0.25) is 0 Å². The van der Waals surface area contributed by atoms with Crippen molar-refractivity contribution in [1.29, 1.82) is 0 Å². The molecule has 2 aromatic rings. The first kappa shape index (κ1) is 15.4. The molecule has 0 aliphatic heterocycles. The van der Waals surface area contributed by atoms with E-state index in [0.717, 1.165) is 33.8 Å². The fraction of sp³-hybridized carbons (Fsp3) is 0.294. The highest BCUT2D eigenvalue weighted by molar-refractivity contribution is 5.46. The summed E-state index contributed by atoms with van der Waals surface area (Å²) >= 11 is 0. The van der Waals surface area contributed by atoms with E-state index < -0.39 is 0 Å². The number of methoxy groups -OCH3 is 2. The summed E-state index contributed by atoms with van der Waals surface area (Å²) < 4.78 is 10.7. The van der Waals surface area contributed by atoms with Crippen LogP contribution in [0.25, 0.3) is 0 Å². The van der Waals surface area contributed by atoms with Gasteiger partial charge in [-0.1, -0.05) is 18.2 Å². The zero-order valence-corrected chi connectivity index (χ0v) is 12.9. The van der Waals surface area contributed by atoms with Crippen molar-refractivity contribution < 1.29 is 9.47 Å². The van der Waals surface area contributed by atoms with Gasteiger partial charge in [-0.2, -0.15) is 0 Å². The van der Waals surface area contributed by atoms with E-state index in [2.05, 4.69) is 18.4 Å². The van der Waals surface area contributed by atoms with Gasteiger partial charge in [0.2, 0.25) is 0 Å². The molecule has 112 valence electrons. The topological polar surface area (TPSA) is 56.5 Å². The average Bonchev–Trinajstić information content (AvgIpc) is 2.51. The fourth-order valence-corrected chi connectivity index (χ4v) is 2.53. The monoisotopic (exact) mass is 286 g/mol. The molecule has 0 heterocycles. The number of ether oxygens (including phenoxy) is 2. The minimum Gasteiger partial charge on any atom is -0.497 e. The van der Waals surface area contributed by atoms with Gasteiger partial charge in [-0.25, -0.2) is 5.43 Å². The van der Waals surface area contributed by atoms with Crippen molar-refractivity contribution in [2.45, 2.75) is 19.9 Å². The van der Waals surface area contributed by atoms with Gasteiger partial charge in [0.25, 0.3) is 0 Å². The van der Waals surface area contributed by atoms with Crippen molar-refractivity contribution in [2.75, 3.05) is 14.2 Å². The lowest BCUT2D eigenvalue weighted by Gasteiger charge is -2.21. The predicted octanol–water partition coefficient (Wildman–Crippen LogP) is 2.87. The number of hydrogen-bond donors (Lipinski definition) is 2. The number of hydrazine groups is 1. The number of benzene rings is 2. The minimum absolute atomic E-state index is 0.0929. The first-order chi connectivity index (χ1) is 10.1. The second kappa shape index (κ2) is 6.61. The molecule has 1 unspecified atom stereocenters. The molecule has 0 spiro atoms. The normalized spacial score (nSPS) is 12.0. The third kappa shape index (κ3) is 3.17. The summed E-state index contributed by atoms with van der Waals surface area (Å²) in [5, 5.41) is 0. The minimum atomic E-state index is -0.0929. The van der Waals surface area contributed by atoms with Gasteiger partial charge in [-0.15, -0.1) is 0 Å². The highest BCUT2D eigenvalue weighted by atomic mass is 16.5. The Balaban J connectivity index is 2.48. The van der Waals surface area contributed by atoms with Crippen molar-refractivity contribution in [2.24, 2.45) is 5.84 Å². The molecule has 0 aromatic heterocycles. The van der Waals surface area contributed by atoms with Gasteiger partial charge in [0.05, 0.1) is 20.3 Å². The second-order valence-corrected chi connectivity index (χ2v) is 5.05. The molecule has 2 rings (SSSR count). The van der Waals surface area contributed by atoms with Crippen molar-refractivity contribution in [1.82, 2.24) is 5.43 Å². The van der Waals surface area contributed by atoms with E-state index in [0.29, 0.717) is 0 Å². The Morgan fingerprint density at radius 2 is 1.76 bits per heavy atom. The molecule has 3 N–H and O–H groups in total. The van der Waals surface area contributed by atoms with Crippen LogP contribution in [0.3, 0.4) is 0 Å². The third-order valence-corrected chi connectivity index (χ3v) is 3.69. The molecule has 0 amide bonds. The smallest absolute Gasteiger partial charge is 0.122 e. The molecule has 4 heteroatoms. The maximum atomic E-state index is 5.80. The Bertz CT molecular complexity index is 626. The second-order valence-electron chi connectivity index (χ2n) is 5.05. The molecular formula is C17H22N2O2. The Morgan fingerprint density at radius 3 is 2.38 bits per heavy atom. The quantitative estimate of drug-likeness (QED) is 0.655. The van der Waals surface area contributed by atoms with E-state index in [9.17, 15) is 0 Å². The fourth-order valence-electron chi connectivity index (χ4n) is 2.53. The first-order valence-corrected chi connectivity index (χ1v) is 6.86. The van der Waals surface area contributed by atoms with E-state index in [1.165, 1.54) is 0 Å². The molecule has 0 bridgehead atoms. The standard InChI is InChI=1S/C17H22N2O2/c1-11-9-16(21-4)12(2)8-15(11)17(19-18)13-6-5-7-14(10-13)20-3/h5-10,17,19H,18H2,1-4H3. The zero-order chi connectivity index (χ0) is 15.4. The maximum Gasteiger partial charge on any atom is 0.122 e. The molecule has 0 saturated carbocycles. The number of nitrogens with one attached hydrogen (secondary N) is 1. The van der Waals surface area contributed by atoms with Crippen molar-refractivity contribution in [3.63, 3.8) is 0 Å². The lowest BCUT2D eigenvalue weighted by atomic mass is 9.93.